The number of imidazole rings is 1. The van der Waals surface area contributed by atoms with Crippen molar-refractivity contribution < 1.29 is 0 Å². The van der Waals surface area contributed by atoms with E-state index in [4.69, 9.17) is 0 Å². The van der Waals surface area contributed by atoms with E-state index in [1.54, 1.807) is 11.3 Å². The third-order valence-corrected chi connectivity index (χ3v) is 3.73. The molecule has 3 heterocycles. The molecule has 0 atom stereocenters. The zero-order valence-electron chi connectivity index (χ0n) is 9.08. The third kappa shape index (κ3) is 1.14. The lowest BCUT2D eigenvalue weighted by molar-refractivity contribution is 1.07. The number of rotatable bonds is 0. The lowest BCUT2D eigenvalue weighted by atomic mass is 10.2. The van der Waals surface area contributed by atoms with Crippen LogP contribution in [0.4, 0.5) is 0 Å². The highest BCUT2D eigenvalue weighted by molar-refractivity contribution is 7.17. The summed E-state index contributed by atoms with van der Waals surface area (Å²) >= 11 is 1.67. The predicted molar refractivity (Wildman–Crippen MR) is 68.4 cm³/mol. The van der Waals surface area contributed by atoms with Gasteiger partial charge in [0, 0.05) is 16.5 Å². The molecule has 0 amide bonds. The summed E-state index contributed by atoms with van der Waals surface area (Å²) in [5, 5.41) is 9.56. The molecule has 4 rings (SSSR count). The smallest absolute Gasteiger partial charge is 0.196 e. The molecule has 3 aromatic heterocycles. The van der Waals surface area contributed by atoms with Crippen LogP contribution in [0.3, 0.4) is 0 Å². The van der Waals surface area contributed by atoms with Crippen LogP contribution >= 0.6 is 11.3 Å². The molecule has 82 valence electrons. The predicted octanol–water partition coefficient (Wildman–Crippen LogP) is 2.80. The van der Waals surface area contributed by atoms with E-state index in [0.717, 1.165) is 27.0 Å². The largest absolute Gasteiger partial charge is 0.273 e. The summed E-state index contributed by atoms with van der Waals surface area (Å²) < 4.78 is 2.01. The Morgan fingerprint density at radius 1 is 1.18 bits per heavy atom. The van der Waals surface area contributed by atoms with Gasteiger partial charge in [0.25, 0.3) is 0 Å². The Balaban J connectivity index is 2.30. The molecular weight excluding hydrogens is 232 g/mol. The molecule has 0 unspecified atom stereocenters. The zero-order chi connectivity index (χ0) is 11.4. The molecule has 0 aliphatic rings. The number of aromatic nitrogens is 4. The summed E-state index contributed by atoms with van der Waals surface area (Å²) in [5.41, 5.74) is 2.66. The molecule has 0 fully saturated rings. The Morgan fingerprint density at radius 2 is 2.06 bits per heavy atom. The van der Waals surface area contributed by atoms with E-state index in [1.165, 1.54) is 4.88 Å². The number of benzene rings is 1. The second kappa shape index (κ2) is 3.01. The van der Waals surface area contributed by atoms with Gasteiger partial charge in [-0.15, -0.1) is 21.5 Å². The van der Waals surface area contributed by atoms with Crippen LogP contribution in [0.15, 0.2) is 30.5 Å². The fourth-order valence-corrected chi connectivity index (χ4v) is 2.90. The van der Waals surface area contributed by atoms with Crippen molar-refractivity contribution >= 4 is 38.4 Å². The number of hydrogen-bond donors (Lipinski definition) is 0. The summed E-state index contributed by atoms with van der Waals surface area (Å²) in [6, 6.07) is 7.96. The highest BCUT2D eigenvalue weighted by atomic mass is 32.1. The molecule has 5 heteroatoms. The highest BCUT2D eigenvalue weighted by Gasteiger charge is 2.11. The van der Waals surface area contributed by atoms with Crippen molar-refractivity contribution in [3.63, 3.8) is 0 Å². The molecular formula is C12H8N4S. The topological polar surface area (TPSA) is 43.1 Å². The average Bonchev–Trinajstić information content (AvgIpc) is 2.85. The van der Waals surface area contributed by atoms with Gasteiger partial charge in [-0.05, 0) is 13.0 Å². The standard InChI is InChI=1S/C12H8N4S/c1-7-6-16-11-10(13-12(16)17-7)8-4-2-3-5-9(8)14-15-11/h2-6H,1H3. The van der Waals surface area contributed by atoms with Crippen LogP contribution in [-0.4, -0.2) is 19.6 Å². The maximum atomic E-state index is 4.64. The number of thiazole rings is 1. The van der Waals surface area contributed by atoms with Crippen molar-refractivity contribution in [3.05, 3.63) is 35.3 Å². The molecule has 0 aliphatic heterocycles. The van der Waals surface area contributed by atoms with Crippen LogP contribution in [0.5, 0.6) is 0 Å². The van der Waals surface area contributed by atoms with Crippen LogP contribution in [0.2, 0.25) is 0 Å². The second-order valence-electron chi connectivity index (χ2n) is 4.00. The van der Waals surface area contributed by atoms with Gasteiger partial charge in [0.2, 0.25) is 0 Å². The van der Waals surface area contributed by atoms with Crippen LogP contribution in [-0.2, 0) is 0 Å². The van der Waals surface area contributed by atoms with E-state index in [-0.39, 0.29) is 0 Å². The Hall–Kier alpha value is -2.01. The van der Waals surface area contributed by atoms with Gasteiger partial charge in [0.15, 0.2) is 10.6 Å². The first-order valence-corrected chi connectivity index (χ1v) is 6.14. The van der Waals surface area contributed by atoms with E-state index in [1.807, 2.05) is 28.7 Å². The van der Waals surface area contributed by atoms with Crippen molar-refractivity contribution in [2.45, 2.75) is 6.92 Å². The first-order chi connectivity index (χ1) is 8.33. The van der Waals surface area contributed by atoms with Crippen molar-refractivity contribution in [2.24, 2.45) is 0 Å². The molecule has 0 saturated heterocycles. The Kier molecular flexibility index (Phi) is 1.61. The van der Waals surface area contributed by atoms with E-state index in [2.05, 4.69) is 28.3 Å². The zero-order valence-corrected chi connectivity index (χ0v) is 9.90. The molecule has 0 aliphatic carbocycles. The van der Waals surface area contributed by atoms with Gasteiger partial charge >= 0.3 is 0 Å². The van der Waals surface area contributed by atoms with Crippen LogP contribution in [0.25, 0.3) is 27.0 Å². The summed E-state index contributed by atoms with van der Waals surface area (Å²) in [4.78, 5) is 6.84. The molecule has 17 heavy (non-hydrogen) atoms. The molecule has 0 saturated carbocycles. The van der Waals surface area contributed by atoms with E-state index in [0.29, 0.717) is 0 Å². The van der Waals surface area contributed by atoms with E-state index in [9.17, 15) is 0 Å². The van der Waals surface area contributed by atoms with Gasteiger partial charge in [0.05, 0.1) is 5.52 Å². The molecule has 4 nitrogen and oxygen atoms in total. The van der Waals surface area contributed by atoms with Gasteiger partial charge < -0.3 is 0 Å². The van der Waals surface area contributed by atoms with Gasteiger partial charge in [-0.2, -0.15) is 0 Å². The second-order valence-corrected chi connectivity index (χ2v) is 5.21. The van der Waals surface area contributed by atoms with Crippen molar-refractivity contribution in [1.82, 2.24) is 19.6 Å². The first-order valence-electron chi connectivity index (χ1n) is 5.32. The monoisotopic (exact) mass is 240 g/mol. The Morgan fingerprint density at radius 3 is 3.00 bits per heavy atom. The average molecular weight is 240 g/mol. The Bertz CT molecular complexity index is 859. The maximum absolute atomic E-state index is 4.64. The fraction of sp³-hybridized carbons (Fsp3) is 0.0833. The maximum Gasteiger partial charge on any atom is 0.196 e. The van der Waals surface area contributed by atoms with Gasteiger partial charge in [-0.1, -0.05) is 18.2 Å². The van der Waals surface area contributed by atoms with Crippen LogP contribution in [0, 0.1) is 6.92 Å². The minimum Gasteiger partial charge on any atom is -0.273 e. The molecule has 0 N–H and O–H groups in total. The Labute approximate surface area is 101 Å². The summed E-state index contributed by atoms with van der Waals surface area (Å²) in [7, 11) is 0. The molecule has 4 aromatic rings. The summed E-state index contributed by atoms with van der Waals surface area (Å²) in [6.07, 6.45) is 2.05. The number of nitrogens with zero attached hydrogens (tertiary/aromatic N) is 4. The minimum absolute atomic E-state index is 0.836. The van der Waals surface area contributed by atoms with E-state index < -0.39 is 0 Å². The molecule has 0 spiro atoms. The first kappa shape index (κ1) is 9.07. The lowest BCUT2D eigenvalue weighted by Crippen LogP contribution is -1.88. The third-order valence-electron chi connectivity index (χ3n) is 2.83. The number of aryl methyl sites for hydroxylation is 1. The summed E-state index contributed by atoms with van der Waals surface area (Å²) in [6.45, 7) is 2.07. The quantitative estimate of drug-likeness (QED) is 0.474. The SMILES string of the molecule is Cc1cn2c(nc3c4ccccc4nnc32)s1. The van der Waals surface area contributed by atoms with Crippen molar-refractivity contribution in [2.75, 3.05) is 0 Å². The number of fused-ring (bicyclic) bond motifs is 5. The normalized spacial score (nSPS) is 11.8. The fourth-order valence-electron chi connectivity index (χ4n) is 2.08. The van der Waals surface area contributed by atoms with Crippen molar-refractivity contribution in [3.8, 4) is 0 Å². The lowest BCUT2D eigenvalue weighted by Gasteiger charge is -1.95. The van der Waals surface area contributed by atoms with Crippen LogP contribution < -0.4 is 0 Å². The number of hydrogen-bond acceptors (Lipinski definition) is 4. The van der Waals surface area contributed by atoms with Crippen molar-refractivity contribution in [1.29, 1.82) is 0 Å². The minimum atomic E-state index is 0.836. The molecule has 1 aromatic carbocycles. The molecule has 0 bridgehead atoms. The van der Waals surface area contributed by atoms with Gasteiger partial charge in [0.1, 0.15) is 5.52 Å². The van der Waals surface area contributed by atoms with Gasteiger partial charge in [-0.25, -0.2) is 4.98 Å². The summed E-state index contributed by atoms with van der Waals surface area (Å²) in [5.74, 6) is 0. The van der Waals surface area contributed by atoms with Crippen LogP contribution in [0.1, 0.15) is 4.88 Å². The molecule has 0 radical (unpaired) electrons. The highest BCUT2D eigenvalue weighted by Crippen LogP contribution is 2.25. The van der Waals surface area contributed by atoms with Gasteiger partial charge in [-0.3, -0.25) is 4.40 Å². The van der Waals surface area contributed by atoms with E-state index >= 15 is 0 Å².